The number of benzene rings is 1. The summed E-state index contributed by atoms with van der Waals surface area (Å²) in [7, 11) is 0. The van der Waals surface area contributed by atoms with E-state index >= 15 is 0 Å². The number of rotatable bonds is 4. The molecule has 1 saturated heterocycles. The highest BCUT2D eigenvalue weighted by atomic mass is 19.3. The monoisotopic (exact) mass is 284 g/mol. The van der Waals surface area contributed by atoms with E-state index in [0.29, 0.717) is 0 Å². The van der Waals surface area contributed by atoms with Crippen LogP contribution in [0.5, 0.6) is 5.75 Å². The van der Waals surface area contributed by atoms with E-state index in [2.05, 4.69) is 15.4 Å². The number of carbonyl (C=O) groups is 1. The molecule has 1 aromatic rings. The van der Waals surface area contributed by atoms with Gasteiger partial charge in [-0.05, 0) is 38.1 Å². The minimum Gasteiger partial charge on any atom is -0.433 e. The Hall–Kier alpha value is -1.69. The van der Waals surface area contributed by atoms with Crippen LogP contribution < -0.4 is 15.4 Å². The van der Waals surface area contributed by atoms with Gasteiger partial charge in [0.15, 0.2) is 0 Å². The van der Waals surface area contributed by atoms with Crippen molar-refractivity contribution in [2.45, 2.75) is 26.4 Å². The molecule has 0 atom stereocenters. The standard InChI is InChI=1S/C14H18F2N2O2/c1-14(6-8-17-9-7-14)12(19)18-10-4-2-3-5-11(10)20-13(15)16/h2-5,13,17H,6-9H2,1H3,(H,18,19). The summed E-state index contributed by atoms with van der Waals surface area (Å²) in [4.78, 5) is 12.3. The molecule has 1 aliphatic rings. The molecule has 110 valence electrons. The second-order valence-electron chi connectivity index (χ2n) is 5.14. The molecule has 1 aromatic carbocycles. The normalized spacial score (nSPS) is 17.8. The molecule has 0 radical (unpaired) electrons. The van der Waals surface area contributed by atoms with Crippen molar-refractivity contribution in [1.82, 2.24) is 5.32 Å². The fourth-order valence-corrected chi connectivity index (χ4v) is 2.25. The highest BCUT2D eigenvalue weighted by molar-refractivity contribution is 5.96. The Morgan fingerprint density at radius 3 is 2.65 bits per heavy atom. The Morgan fingerprint density at radius 1 is 1.35 bits per heavy atom. The van der Waals surface area contributed by atoms with Gasteiger partial charge in [-0.25, -0.2) is 0 Å². The second-order valence-corrected chi connectivity index (χ2v) is 5.14. The molecule has 0 bridgehead atoms. The summed E-state index contributed by atoms with van der Waals surface area (Å²) in [6.45, 7) is 0.528. The van der Waals surface area contributed by atoms with Gasteiger partial charge >= 0.3 is 6.61 Å². The summed E-state index contributed by atoms with van der Waals surface area (Å²) in [6, 6.07) is 6.21. The van der Waals surface area contributed by atoms with Gasteiger partial charge in [0.05, 0.1) is 5.69 Å². The van der Waals surface area contributed by atoms with Crippen LogP contribution in [0.4, 0.5) is 14.5 Å². The molecule has 4 nitrogen and oxygen atoms in total. The van der Waals surface area contributed by atoms with Gasteiger partial charge in [-0.1, -0.05) is 19.1 Å². The van der Waals surface area contributed by atoms with Crippen molar-refractivity contribution >= 4 is 11.6 Å². The molecule has 1 heterocycles. The zero-order valence-corrected chi connectivity index (χ0v) is 11.3. The maximum absolute atomic E-state index is 12.3. The molecule has 0 unspecified atom stereocenters. The highest BCUT2D eigenvalue weighted by Gasteiger charge is 2.34. The zero-order valence-electron chi connectivity index (χ0n) is 11.3. The SMILES string of the molecule is CC1(C(=O)Nc2ccccc2OC(F)F)CCNCC1. The molecule has 20 heavy (non-hydrogen) atoms. The first kappa shape index (κ1) is 14.7. The summed E-state index contributed by atoms with van der Waals surface area (Å²) in [5, 5.41) is 5.89. The van der Waals surface area contributed by atoms with Crippen LogP contribution in [-0.4, -0.2) is 25.6 Å². The average molecular weight is 284 g/mol. The van der Waals surface area contributed by atoms with E-state index in [9.17, 15) is 13.6 Å². The Bertz CT molecular complexity index is 474. The van der Waals surface area contributed by atoms with E-state index in [1.807, 2.05) is 6.92 Å². The molecular formula is C14H18F2N2O2. The number of halogens is 2. The largest absolute Gasteiger partial charge is 0.433 e. The number of amides is 1. The number of alkyl halides is 2. The fourth-order valence-electron chi connectivity index (χ4n) is 2.25. The molecule has 0 aliphatic carbocycles. The highest BCUT2D eigenvalue weighted by Crippen LogP contribution is 2.32. The van der Waals surface area contributed by atoms with Gasteiger partial charge in [0, 0.05) is 5.41 Å². The van der Waals surface area contributed by atoms with Gasteiger partial charge < -0.3 is 15.4 Å². The maximum atomic E-state index is 12.3. The Morgan fingerprint density at radius 2 is 2.00 bits per heavy atom. The number of nitrogens with one attached hydrogen (secondary N) is 2. The van der Waals surface area contributed by atoms with Crippen molar-refractivity contribution in [1.29, 1.82) is 0 Å². The van der Waals surface area contributed by atoms with Crippen molar-refractivity contribution < 1.29 is 18.3 Å². The molecule has 0 spiro atoms. The molecule has 2 rings (SSSR count). The summed E-state index contributed by atoms with van der Waals surface area (Å²) in [6.07, 6.45) is 1.44. The number of ether oxygens (including phenoxy) is 1. The van der Waals surface area contributed by atoms with Crippen molar-refractivity contribution in [3.63, 3.8) is 0 Å². The number of anilines is 1. The Labute approximate surface area is 116 Å². The number of piperidine rings is 1. The molecular weight excluding hydrogens is 266 g/mol. The third-order valence-corrected chi connectivity index (χ3v) is 3.61. The first-order valence-electron chi connectivity index (χ1n) is 6.57. The lowest BCUT2D eigenvalue weighted by atomic mass is 9.80. The topological polar surface area (TPSA) is 50.4 Å². The Balaban J connectivity index is 2.11. The van der Waals surface area contributed by atoms with E-state index in [0.717, 1.165) is 25.9 Å². The van der Waals surface area contributed by atoms with Crippen LogP contribution in [-0.2, 0) is 4.79 Å². The average Bonchev–Trinajstić information content (AvgIpc) is 2.41. The van der Waals surface area contributed by atoms with Gasteiger partial charge in [-0.2, -0.15) is 8.78 Å². The minimum absolute atomic E-state index is 0.0200. The first-order valence-corrected chi connectivity index (χ1v) is 6.57. The van der Waals surface area contributed by atoms with Crippen LogP contribution in [0, 0.1) is 5.41 Å². The van der Waals surface area contributed by atoms with Crippen molar-refractivity contribution in [2.75, 3.05) is 18.4 Å². The van der Waals surface area contributed by atoms with Crippen LogP contribution in [0.1, 0.15) is 19.8 Å². The van der Waals surface area contributed by atoms with E-state index < -0.39 is 12.0 Å². The number of hydrogen-bond donors (Lipinski definition) is 2. The molecule has 1 aliphatic heterocycles. The lowest BCUT2D eigenvalue weighted by Gasteiger charge is -2.32. The minimum atomic E-state index is -2.91. The predicted molar refractivity (Wildman–Crippen MR) is 71.9 cm³/mol. The van der Waals surface area contributed by atoms with E-state index in [1.54, 1.807) is 18.2 Å². The number of para-hydroxylation sites is 2. The molecule has 1 fully saturated rings. The number of hydrogen-bond acceptors (Lipinski definition) is 3. The smallest absolute Gasteiger partial charge is 0.387 e. The fraction of sp³-hybridized carbons (Fsp3) is 0.500. The Kier molecular flexibility index (Phi) is 4.54. The van der Waals surface area contributed by atoms with Crippen LogP contribution in [0.25, 0.3) is 0 Å². The van der Waals surface area contributed by atoms with Crippen LogP contribution in [0.3, 0.4) is 0 Å². The molecule has 1 amide bonds. The lowest BCUT2D eigenvalue weighted by molar-refractivity contribution is -0.126. The third-order valence-electron chi connectivity index (χ3n) is 3.61. The van der Waals surface area contributed by atoms with Gasteiger partial charge in [-0.15, -0.1) is 0 Å². The van der Waals surface area contributed by atoms with Crippen LogP contribution >= 0.6 is 0 Å². The maximum Gasteiger partial charge on any atom is 0.387 e. The van der Waals surface area contributed by atoms with Gasteiger partial charge in [-0.3, -0.25) is 4.79 Å². The van der Waals surface area contributed by atoms with Crippen LogP contribution in [0.2, 0.25) is 0 Å². The van der Waals surface area contributed by atoms with Gasteiger partial charge in [0.25, 0.3) is 0 Å². The molecule has 2 N–H and O–H groups in total. The third kappa shape index (κ3) is 3.45. The summed E-state index contributed by atoms with van der Waals surface area (Å²) in [5.74, 6) is -0.183. The zero-order chi connectivity index (χ0) is 14.6. The summed E-state index contributed by atoms with van der Waals surface area (Å²) in [5.41, 5.74) is -0.207. The van der Waals surface area contributed by atoms with Crippen molar-refractivity contribution in [3.05, 3.63) is 24.3 Å². The van der Waals surface area contributed by atoms with Crippen molar-refractivity contribution in [2.24, 2.45) is 5.41 Å². The van der Waals surface area contributed by atoms with E-state index in [4.69, 9.17) is 0 Å². The lowest BCUT2D eigenvalue weighted by Crippen LogP contribution is -2.42. The van der Waals surface area contributed by atoms with Gasteiger partial charge in [0.1, 0.15) is 5.75 Å². The van der Waals surface area contributed by atoms with Crippen LogP contribution in [0.15, 0.2) is 24.3 Å². The molecule has 0 saturated carbocycles. The van der Waals surface area contributed by atoms with E-state index in [1.165, 1.54) is 6.07 Å². The van der Waals surface area contributed by atoms with Crippen molar-refractivity contribution in [3.8, 4) is 5.75 Å². The van der Waals surface area contributed by atoms with Gasteiger partial charge in [0.2, 0.25) is 5.91 Å². The second kappa shape index (κ2) is 6.17. The quantitative estimate of drug-likeness (QED) is 0.893. The molecule has 0 aromatic heterocycles. The number of carbonyl (C=O) groups excluding carboxylic acids is 1. The summed E-state index contributed by atoms with van der Waals surface area (Å²) < 4.78 is 29.1. The predicted octanol–water partition coefficient (Wildman–Crippen LogP) is 2.62. The molecule has 6 heteroatoms. The first-order chi connectivity index (χ1) is 9.51. The summed E-state index contributed by atoms with van der Waals surface area (Å²) >= 11 is 0. The van der Waals surface area contributed by atoms with E-state index in [-0.39, 0.29) is 17.3 Å².